The minimum Gasteiger partial charge on any atom is -0.465 e. The van der Waals surface area contributed by atoms with Crippen LogP contribution in [0.25, 0.3) is 0 Å². The lowest BCUT2D eigenvalue weighted by atomic mass is 9.98. The van der Waals surface area contributed by atoms with Crippen molar-refractivity contribution in [2.24, 2.45) is 5.92 Å². The zero-order valence-electron chi connectivity index (χ0n) is 12.9. The summed E-state index contributed by atoms with van der Waals surface area (Å²) in [5, 5.41) is 4.91. The molecule has 0 spiro atoms. The van der Waals surface area contributed by atoms with E-state index in [1.165, 1.54) is 17.5 Å². The molecule has 8 heteroatoms. The number of piperidine rings is 1. The number of hydrogen-bond acceptors (Lipinski definition) is 6. The average Bonchev–Trinajstić information content (AvgIpc) is 3.03. The van der Waals surface area contributed by atoms with Crippen molar-refractivity contribution in [3.05, 3.63) is 16.3 Å². The van der Waals surface area contributed by atoms with E-state index in [4.69, 9.17) is 0 Å². The van der Waals surface area contributed by atoms with Crippen molar-refractivity contribution in [3.8, 4) is 0 Å². The highest BCUT2D eigenvalue weighted by Gasteiger charge is 2.33. The van der Waals surface area contributed by atoms with Crippen molar-refractivity contribution in [2.75, 3.05) is 33.3 Å². The number of methoxy groups -OCH3 is 1. The van der Waals surface area contributed by atoms with Gasteiger partial charge in [0.05, 0.1) is 7.11 Å². The Labute approximate surface area is 135 Å². The Kier molecular flexibility index (Phi) is 5.96. The maximum Gasteiger partial charge on any atom is 0.349 e. The van der Waals surface area contributed by atoms with E-state index in [-0.39, 0.29) is 9.77 Å². The molecule has 0 saturated carbocycles. The van der Waals surface area contributed by atoms with Crippen LogP contribution in [0.1, 0.15) is 29.4 Å². The van der Waals surface area contributed by atoms with Gasteiger partial charge in [0, 0.05) is 13.1 Å². The number of esters is 1. The van der Waals surface area contributed by atoms with Crippen LogP contribution < -0.4 is 5.32 Å². The van der Waals surface area contributed by atoms with E-state index in [2.05, 4.69) is 17.0 Å². The first-order valence-corrected chi connectivity index (χ1v) is 9.69. The van der Waals surface area contributed by atoms with Crippen LogP contribution in [0, 0.1) is 5.92 Å². The number of hydrogen-bond donors (Lipinski definition) is 1. The highest BCUT2D eigenvalue weighted by molar-refractivity contribution is 7.89. The number of ether oxygens (including phenoxy) is 1. The fourth-order valence-corrected chi connectivity index (χ4v) is 5.36. The van der Waals surface area contributed by atoms with Gasteiger partial charge in [-0.25, -0.2) is 13.2 Å². The molecule has 0 amide bonds. The van der Waals surface area contributed by atoms with Gasteiger partial charge in [-0.2, -0.15) is 4.31 Å². The van der Waals surface area contributed by atoms with Gasteiger partial charge < -0.3 is 10.1 Å². The second-order valence-electron chi connectivity index (χ2n) is 5.26. The van der Waals surface area contributed by atoms with Gasteiger partial charge in [0.15, 0.2) is 0 Å². The van der Waals surface area contributed by atoms with Crippen molar-refractivity contribution >= 4 is 27.3 Å². The van der Waals surface area contributed by atoms with E-state index in [0.29, 0.717) is 19.0 Å². The Morgan fingerprint density at radius 1 is 1.45 bits per heavy atom. The highest BCUT2D eigenvalue weighted by Crippen LogP contribution is 2.28. The van der Waals surface area contributed by atoms with Crippen molar-refractivity contribution in [1.82, 2.24) is 9.62 Å². The summed E-state index contributed by atoms with van der Waals surface area (Å²) in [5.74, 6) is -0.0930. The number of carbonyl (C=O) groups excluding carboxylic acids is 1. The van der Waals surface area contributed by atoms with Gasteiger partial charge in [0.2, 0.25) is 10.0 Å². The maximum absolute atomic E-state index is 12.7. The number of carbonyl (C=O) groups is 1. The molecule has 6 nitrogen and oxygen atoms in total. The third-order valence-electron chi connectivity index (χ3n) is 3.87. The summed E-state index contributed by atoms with van der Waals surface area (Å²) in [5.41, 5.74) is 0. The van der Waals surface area contributed by atoms with Crippen LogP contribution in [0.5, 0.6) is 0 Å². The fourth-order valence-electron chi connectivity index (χ4n) is 2.58. The predicted octanol–water partition coefficient (Wildman–Crippen LogP) is 1.54. The third kappa shape index (κ3) is 3.68. The third-order valence-corrected chi connectivity index (χ3v) is 6.84. The lowest BCUT2D eigenvalue weighted by Crippen LogP contribution is -2.41. The molecule has 2 heterocycles. The zero-order chi connectivity index (χ0) is 16.2. The van der Waals surface area contributed by atoms with Gasteiger partial charge in [-0.15, -0.1) is 11.3 Å². The molecule has 1 saturated heterocycles. The summed E-state index contributed by atoms with van der Waals surface area (Å²) < 4.78 is 31.6. The molecule has 1 fully saturated rings. The summed E-state index contributed by atoms with van der Waals surface area (Å²) in [7, 11) is -2.37. The van der Waals surface area contributed by atoms with Crippen molar-refractivity contribution in [1.29, 1.82) is 0 Å². The molecule has 2 rings (SSSR count). The second kappa shape index (κ2) is 7.54. The lowest BCUT2D eigenvalue weighted by molar-refractivity contribution is 0.0602. The van der Waals surface area contributed by atoms with E-state index in [1.807, 2.05) is 0 Å². The van der Waals surface area contributed by atoms with E-state index in [1.54, 1.807) is 5.38 Å². The molecular formula is C14H22N2O4S2. The molecule has 1 aromatic rings. The van der Waals surface area contributed by atoms with Gasteiger partial charge in [-0.3, -0.25) is 0 Å². The average molecular weight is 346 g/mol. The maximum atomic E-state index is 12.7. The van der Waals surface area contributed by atoms with Gasteiger partial charge in [0.1, 0.15) is 9.77 Å². The number of nitrogens with zero attached hydrogens (tertiary/aromatic N) is 1. The zero-order valence-corrected chi connectivity index (χ0v) is 14.5. The molecule has 124 valence electrons. The van der Waals surface area contributed by atoms with Crippen LogP contribution in [0.2, 0.25) is 0 Å². The van der Waals surface area contributed by atoms with Gasteiger partial charge in [-0.1, -0.05) is 6.92 Å². The van der Waals surface area contributed by atoms with E-state index >= 15 is 0 Å². The molecule has 1 aromatic heterocycles. The van der Waals surface area contributed by atoms with Crippen LogP contribution in [0.4, 0.5) is 0 Å². The molecule has 0 aliphatic carbocycles. The number of thiophene rings is 1. The monoisotopic (exact) mass is 346 g/mol. The molecule has 22 heavy (non-hydrogen) atoms. The summed E-state index contributed by atoms with van der Waals surface area (Å²) in [4.78, 5) is 11.9. The SMILES string of the molecule is CCNCC1CCN(S(=O)(=O)c2ccsc2C(=O)OC)CC1. The first kappa shape index (κ1) is 17.4. The molecule has 0 aromatic carbocycles. The summed E-state index contributed by atoms with van der Waals surface area (Å²) in [6.45, 7) is 4.90. The van der Waals surface area contributed by atoms with Crippen molar-refractivity contribution < 1.29 is 17.9 Å². The first-order chi connectivity index (χ1) is 10.5. The largest absolute Gasteiger partial charge is 0.465 e. The van der Waals surface area contributed by atoms with Crippen LogP contribution in [0.15, 0.2) is 16.3 Å². The molecule has 0 unspecified atom stereocenters. The summed E-state index contributed by atoms with van der Waals surface area (Å²) in [6, 6.07) is 1.48. The predicted molar refractivity (Wildman–Crippen MR) is 85.7 cm³/mol. The molecule has 1 aliphatic rings. The Bertz CT molecular complexity index is 604. The van der Waals surface area contributed by atoms with Gasteiger partial charge >= 0.3 is 5.97 Å². The van der Waals surface area contributed by atoms with E-state index < -0.39 is 16.0 Å². The van der Waals surface area contributed by atoms with Gasteiger partial charge in [-0.05, 0) is 43.3 Å². The topological polar surface area (TPSA) is 75.7 Å². The van der Waals surface area contributed by atoms with Crippen LogP contribution in [-0.4, -0.2) is 52.0 Å². The van der Waals surface area contributed by atoms with Crippen LogP contribution in [0.3, 0.4) is 0 Å². The number of rotatable bonds is 6. The minimum absolute atomic E-state index is 0.0643. The van der Waals surface area contributed by atoms with Gasteiger partial charge in [0.25, 0.3) is 0 Å². The normalized spacial score (nSPS) is 17.5. The molecule has 0 radical (unpaired) electrons. The molecule has 1 aliphatic heterocycles. The van der Waals surface area contributed by atoms with Crippen molar-refractivity contribution in [3.63, 3.8) is 0 Å². The summed E-state index contributed by atoms with van der Waals surface area (Å²) >= 11 is 1.09. The Morgan fingerprint density at radius 2 is 2.14 bits per heavy atom. The Morgan fingerprint density at radius 3 is 2.73 bits per heavy atom. The number of nitrogens with one attached hydrogen (secondary N) is 1. The standard InChI is InChI=1S/C14H22N2O4S2/c1-3-15-10-11-4-7-16(8-5-11)22(18,19)12-6-9-21-13(12)14(17)20-2/h6,9,11,15H,3-5,7-8,10H2,1-2H3. The summed E-state index contributed by atoms with van der Waals surface area (Å²) in [6.07, 6.45) is 1.67. The van der Waals surface area contributed by atoms with E-state index in [0.717, 1.165) is 37.3 Å². The fraction of sp³-hybridized carbons (Fsp3) is 0.643. The smallest absolute Gasteiger partial charge is 0.349 e. The van der Waals surface area contributed by atoms with Crippen molar-refractivity contribution in [2.45, 2.75) is 24.7 Å². The highest BCUT2D eigenvalue weighted by atomic mass is 32.2. The Hall–Kier alpha value is -0.960. The quantitative estimate of drug-likeness (QED) is 0.791. The number of sulfonamides is 1. The molecular weight excluding hydrogens is 324 g/mol. The molecule has 1 N–H and O–H groups in total. The van der Waals surface area contributed by atoms with Crippen LogP contribution in [-0.2, 0) is 14.8 Å². The van der Waals surface area contributed by atoms with Crippen LogP contribution >= 0.6 is 11.3 Å². The molecule has 0 atom stereocenters. The second-order valence-corrected chi connectivity index (χ2v) is 8.08. The Balaban J connectivity index is 2.09. The molecule has 0 bridgehead atoms. The van der Waals surface area contributed by atoms with E-state index in [9.17, 15) is 13.2 Å². The minimum atomic E-state index is -3.63. The lowest BCUT2D eigenvalue weighted by Gasteiger charge is -2.31. The first-order valence-electron chi connectivity index (χ1n) is 7.37.